The number of Topliss-reactive ketones (excluding diaryl/α,β-unsaturated/α-hetero) is 1. The minimum Gasteiger partial charge on any atom is -0.507 e. The van der Waals surface area contributed by atoms with Crippen LogP contribution in [-0.2, 0) is 15.0 Å². The molecule has 4 rings (SSSR count). The fourth-order valence-electron chi connectivity index (χ4n) is 4.45. The second-order valence-corrected chi connectivity index (χ2v) is 10.0. The molecule has 0 aliphatic carbocycles. The fourth-order valence-corrected chi connectivity index (χ4v) is 4.45. The fraction of sp³-hybridized carbons (Fsp3) is 0.310. The number of carbonyl (C=O) groups excluding carboxylic acids is 2. The largest absolute Gasteiger partial charge is 0.507 e. The highest BCUT2D eigenvalue weighted by Crippen LogP contribution is 2.45. The maximum absolute atomic E-state index is 13.5. The second-order valence-electron chi connectivity index (χ2n) is 10.0. The molecule has 3 aromatic rings. The normalized spacial score (nSPS) is 17.8. The van der Waals surface area contributed by atoms with Crippen LogP contribution in [0.2, 0.25) is 0 Å². The van der Waals surface area contributed by atoms with Gasteiger partial charge in [-0.1, -0.05) is 39.0 Å². The van der Waals surface area contributed by atoms with E-state index in [1.165, 1.54) is 12.0 Å². The highest BCUT2D eigenvalue weighted by molar-refractivity contribution is 6.51. The number of methoxy groups -OCH3 is 1. The van der Waals surface area contributed by atoms with E-state index in [1.54, 1.807) is 31.2 Å². The zero-order valence-corrected chi connectivity index (χ0v) is 21.2. The number of ether oxygens (including phenoxy) is 1. The number of hydrogen-bond acceptors (Lipinski definition) is 5. The first-order valence-electron chi connectivity index (χ1n) is 11.6. The number of furan rings is 1. The van der Waals surface area contributed by atoms with Gasteiger partial charge < -0.3 is 14.3 Å². The van der Waals surface area contributed by atoms with Crippen LogP contribution in [0, 0.1) is 20.8 Å². The molecule has 35 heavy (non-hydrogen) atoms. The molecule has 1 N–H and O–H groups in total. The first-order chi connectivity index (χ1) is 16.5. The van der Waals surface area contributed by atoms with Crippen molar-refractivity contribution in [3.8, 4) is 5.75 Å². The molecule has 0 radical (unpaired) electrons. The Morgan fingerprint density at radius 2 is 1.74 bits per heavy atom. The van der Waals surface area contributed by atoms with Crippen molar-refractivity contribution in [3.05, 3.63) is 87.9 Å². The predicted octanol–water partition coefficient (Wildman–Crippen LogP) is 6.14. The number of nitrogens with zero attached hydrogens (tertiary/aromatic N) is 1. The number of hydrogen-bond donors (Lipinski definition) is 1. The summed E-state index contributed by atoms with van der Waals surface area (Å²) in [5, 5.41) is 11.6. The number of rotatable bonds is 4. The number of aliphatic hydroxyl groups excluding tert-OH is 1. The van der Waals surface area contributed by atoms with Crippen LogP contribution < -0.4 is 9.64 Å². The molecule has 6 nitrogen and oxygen atoms in total. The van der Waals surface area contributed by atoms with Gasteiger partial charge in [0.25, 0.3) is 11.7 Å². The van der Waals surface area contributed by atoms with Crippen LogP contribution in [0.5, 0.6) is 5.75 Å². The maximum Gasteiger partial charge on any atom is 0.300 e. The number of anilines is 1. The molecule has 0 bridgehead atoms. The molecule has 182 valence electrons. The minimum atomic E-state index is -0.924. The Hall–Kier alpha value is -3.80. The van der Waals surface area contributed by atoms with Gasteiger partial charge in [0.1, 0.15) is 29.1 Å². The molecular weight excluding hydrogens is 442 g/mol. The van der Waals surface area contributed by atoms with E-state index in [0.29, 0.717) is 28.5 Å². The highest BCUT2D eigenvalue weighted by Gasteiger charge is 2.49. The molecule has 1 aliphatic rings. The lowest BCUT2D eigenvalue weighted by molar-refractivity contribution is -0.132. The number of aliphatic hydroxyl groups is 1. The molecule has 1 saturated heterocycles. The van der Waals surface area contributed by atoms with Crippen molar-refractivity contribution in [1.82, 2.24) is 0 Å². The Balaban J connectivity index is 2.01. The van der Waals surface area contributed by atoms with E-state index in [-0.39, 0.29) is 16.7 Å². The lowest BCUT2D eigenvalue weighted by atomic mass is 9.85. The van der Waals surface area contributed by atoms with Gasteiger partial charge in [-0.15, -0.1) is 0 Å². The van der Waals surface area contributed by atoms with Crippen molar-refractivity contribution in [2.75, 3.05) is 12.0 Å². The lowest BCUT2D eigenvalue weighted by Crippen LogP contribution is -2.30. The van der Waals surface area contributed by atoms with E-state index in [0.717, 1.165) is 16.7 Å². The van der Waals surface area contributed by atoms with Crippen LogP contribution in [0.3, 0.4) is 0 Å². The second kappa shape index (κ2) is 8.77. The van der Waals surface area contributed by atoms with Crippen molar-refractivity contribution in [2.45, 2.75) is 53.0 Å². The average Bonchev–Trinajstić information content (AvgIpc) is 3.35. The summed E-state index contributed by atoms with van der Waals surface area (Å²) in [6.07, 6.45) is 0. The van der Waals surface area contributed by atoms with E-state index < -0.39 is 17.7 Å². The van der Waals surface area contributed by atoms with Crippen LogP contribution in [0.25, 0.3) is 5.76 Å². The van der Waals surface area contributed by atoms with Crippen LogP contribution in [0.4, 0.5) is 5.69 Å². The molecular formula is C29H31NO5. The number of benzene rings is 2. The molecule has 1 aromatic heterocycles. The summed E-state index contributed by atoms with van der Waals surface area (Å²) in [7, 11) is 1.50. The third-order valence-corrected chi connectivity index (χ3v) is 6.63. The SMILES string of the molecule is COc1ccc(C(C)(C)C)cc1/C(O)=C1\C(=O)C(=O)N(c2cccc(C)c2C)C1c1ccc(C)o1. The van der Waals surface area contributed by atoms with E-state index >= 15 is 0 Å². The van der Waals surface area contributed by atoms with Gasteiger partial charge in [-0.25, -0.2) is 0 Å². The summed E-state index contributed by atoms with van der Waals surface area (Å²) in [5.41, 5.74) is 3.52. The number of amides is 1. The Labute approximate surface area is 205 Å². The summed E-state index contributed by atoms with van der Waals surface area (Å²) in [6.45, 7) is 11.8. The average molecular weight is 474 g/mol. The van der Waals surface area contributed by atoms with Crippen molar-refractivity contribution >= 4 is 23.1 Å². The minimum absolute atomic E-state index is 0.0328. The van der Waals surface area contributed by atoms with Crippen molar-refractivity contribution < 1.29 is 23.8 Å². The van der Waals surface area contributed by atoms with Gasteiger partial charge in [0.05, 0.1) is 18.2 Å². The highest BCUT2D eigenvalue weighted by atomic mass is 16.5. The van der Waals surface area contributed by atoms with Crippen molar-refractivity contribution in [2.24, 2.45) is 0 Å². The monoisotopic (exact) mass is 473 g/mol. The van der Waals surface area contributed by atoms with Crippen LogP contribution in [0.15, 0.2) is 58.5 Å². The number of carbonyl (C=O) groups is 2. The molecule has 1 atom stereocenters. The van der Waals surface area contributed by atoms with Crippen LogP contribution in [-0.4, -0.2) is 23.9 Å². The predicted molar refractivity (Wildman–Crippen MR) is 136 cm³/mol. The van der Waals surface area contributed by atoms with Gasteiger partial charge >= 0.3 is 0 Å². The van der Waals surface area contributed by atoms with Gasteiger partial charge in [0, 0.05) is 5.69 Å². The lowest BCUT2D eigenvalue weighted by Gasteiger charge is -2.26. The third-order valence-electron chi connectivity index (χ3n) is 6.63. The molecule has 1 unspecified atom stereocenters. The van der Waals surface area contributed by atoms with Gasteiger partial charge in [-0.3, -0.25) is 14.5 Å². The van der Waals surface area contributed by atoms with Gasteiger partial charge in [-0.05, 0) is 73.2 Å². The summed E-state index contributed by atoms with van der Waals surface area (Å²) < 4.78 is 11.4. The van der Waals surface area contributed by atoms with Gasteiger partial charge in [0.2, 0.25) is 0 Å². The Morgan fingerprint density at radius 3 is 2.34 bits per heavy atom. The Morgan fingerprint density at radius 1 is 1.03 bits per heavy atom. The smallest absolute Gasteiger partial charge is 0.300 e. The first kappa shape index (κ1) is 24.3. The number of aryl methyl sites for hydroxylation is 2. The standard InChI is InChI=1S/C29H31NO5/c1-16-9-8-10-21(18(16)3)30-25(23-13-11-17(2)35-23)24(27(32)28(30)33)26(31)20-15-19(29(4,5)6)12-14-22(20)34-7/h8-15,25,31H,1-7H3/b26-24+. The Kier molecular flexibility index (Phi) is 6.09. The van der Waals surface area contributed by atoms with Crippen LogP contribution >= 0.6 is 0 Å². The third kappa shape index (κ3) is 4.14. The van der Waals surface area contributed by atoms with E-state index in [1.807, 2.05) is 38.1 Å². The molecule has 2 aromatic carbocycles. The van der Waals surface area contributed by atoms with Crippen molar-refractivity contribution in [3.63, 3.8) is 0 Å². The Bertz CT molecular complexity index is 1360. The summed E-state index contributed by atoms with van der Waals surface area (Å²) >= 11 is 0. The van der Waals surface area contributed by atoms with Gasteiger partial charge in [0.15, 0.2) is 0 Å². The molecule has 6 heteroatoms. The van der Waals surface area contributed by atoms with E-state index in [4.69, 9.17) is 9.15 Å². The van der Waals surface area contributed by atoms with E-state index in [9.17, 15) is 14.7 Å². The summed E-state index contributed by atoms with van der Waals surface area (Å²) in [5.74, 6) is -0.342. The van der Waals surface area contributed by atoms with Crippen LogP contribution in [0.1, 0.15) is 60.6 Å². The maximum atomic E-state index is 13.5. The van der Waals surface area contributed by atoms with Crippen molar-refractivity contribution in [1.29, 1.82) is 0 Å². The first-order valence-corrected chi connectivity index (χ1v) is 11.6. The zero-order chi connectivity index (χ0) is 25.7. The zero-order valence-electron chi connectivity index (χ0n) is 21.2. The van der Waals surface area contributed by atoms with Gasteiger partial charge in [-0.2, -0.15) is 0 Å². The quantitative estimate of drug-likeness (QED) is 0.280. The molecule has 1 amide bonds. The summed E-state index contributed by atoms with van der Waals surface area (Å²) in [6, 6.07) is 13.7. The molecule has 1 fully saturated rings. The molecule has 1 aliphatic heterocycles. The van der Waals surface area contributed by atoms with E-state index in [2.05, 4.69) is 20.8 Å². The summed E-state index contributed by atoms with van der Waals surface area (Å²) in [4.78, 5) is 28.4. The molecule has 2 heterocycles. The number of ketones is 1. The molecule has 0 saturated carbocycles. The topological polar surface area (TPSA) is 80.0 Å². The molecule has 0 spiro atoms.